The Bertz CT molecular complexity index is 336. The second kappa shape index (κ2) is 8.05. The molecule has 0 bridgehead atoms. The van der Waals surface area contributed by atoms with Gasteiger partial charge in [0.1, 0.15) is 6.67 Å². The van der Waals surface area contributed by atoms with Crippen molar-refractivity contribution in [2.45, 2.75) is 76.3 Å². The molecule has 2 amide bonds. The Balaban J connectivity index is 2.01. The predicted molar refractivity (Wildman–Crippen MR) is 77.1 cm³/mol. The summed E-state index contributed by atoms with van der Waals surface area (Å²) in [6.45, 7) is 0.0400. The summed E-state index contributed by atoms with van der Waals surface area (Å²) in [6.07, 6.45) is 13.3. The summed E-state index contributed by atoms with van der Waals surface area (Å²) in [5, 5.41) is 2.74. The number of rotatable bonds is 4. The number of nitrogens with one attached hydrogen (secondary N) is 1. The third-order valence-corrected chi connectivity index (χ3v) is 4.54. The predicted octanol–water partition coefficient (Wildman–Crippen LogP) is 2.96. The van der Waals surface area contributed by atoms with E-state index >= 15 is 0 Å². The molecule has 0 aliphatic heterocycles. The summed E-state index contributed by atoms with van der Waals surface area (Å²) in [5.74, 6) is 0. The maximum atomic E-state index is 12.4. The molecule has 2 aliphatic carbocycles. The van der Waals surface area contributed by atoms with Gasteiger partial charge in [-0.1, -0.05) is 38.5 Å². The number of carbonyl (C=O) groups excluding carboxylic acids is 2. The molecule has 0 heterocycles. The zero-order chi connectivity index (χ0) is 14.2. The van der Waals surface area contributed by atoms with E-state index in [1.54, 1.807) is 0 Å². The molecule has 0 aromatic rings. The van der Waals surface area contributed by atoms with E-state index in [4.69, 9.17) is 0 Å². The molecular weight excluding hydrogens is 254 g/mol. The van der Waals surface area contributed by atoms with Crippen LogP contribution in [0.4, 0.5) is 4.79 Å². The first kappa shape index (κ1) is 15.0. The fourth-order valence-electron chi connectivity index (χ4n) is 3.58. The van der Waals surface area contributed by atoms with Crippen molar-refractivity contribution in [1.82, 2.24) is 10.2 Å². The highest BCUT2D eigenvalue weighted by atomic mass is 16.2. The summed E-state index contributed by atoms with van der Waals surface area (Å²) in [6, 6.07) is 0.682. The van der Waals surface area contributed by atoms with Gasteiger partial charge >= 0.3 is 6.03 Å². The number of isocyanates is 1. The van der Waals surface area contributed by atoms with Crippen LogP contribution < -0.4 is 5.32 Å². The summed E-state index contributed by atoms with van der Waals surface area (Å²) >= 11 is 0. The van der Waals surface area contributed by atoms with E-state index in [0.717, 1.165) is 25.7 Å². The van der Waals surface area contributed by atoms with Crippen LogP contribution in [-0.2, 0) is 4.79 Å². The van der Waals surface area contributed by atoms with Crippen LogP contribution in [0.15, 0.2) is 4.99 Å². The van der Waals surface area contributed by atoms with Gasteiger partial charge < -0.3 is 10.2 Å². The summed E-state index contributed by atoms with van der Waals surface area (Å²) < 4.78 is 0. The van der Waals surface area contributed by atoms with E-state index in [9.17, 15) is 9.59 Å². The van der Waals surface area contributed by atoms with Crippen molar-refractivity contribution in [2.24, 2.45) is 4.99 Å². The lowest BCUT2D eigenvalue weighted by atomic mass is 9.89. The van der Waals surface area contributed by atoms with Crippen LogP contribution in [0.3, 0.4) is 0 Å². The number of urea groups is 1. The minimum atomic E-state index is -0.0530. The van der Waals surface area contributed by atoms with Gasteiger partial charge in [0, 0.05) is 12.1 Å². The Morgan fingerprint density at radius 1 is 1.00 bits per heavy atom. The first-order valence-electron chi connectivity index (χ1n) is 7.92. The standard InChI is InChI=1S/C15H25N3O2/c19-12-16-11-17-15(20)18(13-7-3-1-4-8-13)14-9-5-2-6-10-14/h13-14H,1-11H2,(H,17,20). The monoisotopic (exact) mass is 279 g/mol. The van der Waals surface area contributed by atoms with E-state index in [-0.39, 0.29) is 12.7 Å². The Morgan fingerprint density at radius 2 is 1.50 bits per heavy atom. The minimum Gasteiger partial charge on any atom is -0.319 e. The second-order valence-electron chi connectivity index (χ2n) is 5.88. The number of nitrogens with zero attached hydrogens (tertiary/aromatic N) is 2. The molecule has 0 aromatic carbocycles. The minimum absolute atomic E-state index is 0.0400. The zero-order valence-corrected chi connectivity index (χ0v) is 12.1. The molecule has 0 atom stereocenters. The number of carbonyl (C=O) groups is 1. The molecule has 5 nitrogen and oxygen atoms in total. The van der Waals surface area contributed by atoms with Gasteiger partial charge in [-0.2, -0.15) is 4.99 Å². The van der Waals surface area contributed by atoms with Crippen molar-refractivity contribution in [2.75, 3.05) is 6.67 Å². The maximum absolute atomic E-state index is 12.4. The van der Waals surface area contributed by atoms with Gasteiger partial charge in [-0.25, -0.2) is 9.59 Å². The van der Waals surface area contributed by atoms with Crippen LogP contribution in [0.5, 0.6) is 0 Å². The largest absolute Gasteiger partial charge is 0.319 e. The van der Waals surface area contributed by atoms with E-state index in [1.165, 1.54) is 44.6 Å². The number of hydrogen-bond donors (Lipinski definition) is 1. The van der Waals surface area contributed by atoms with E-state index in [1.807, 2.05) is 0 Å². The molecule has 0 unspecified atom stereocenters. The smallest absolute Gasteiger partial charge is 0.319 e. The maximum Gasteiger partial charge on any atom is 0.319 e. The molecule has 2 fully saturated rings. The molecule has 0 aromatic heterocycles. The van der Waals surface area contributed by atoms with Gasteiger partial charge in [0.25, 0.3) is 0 Å². The van der Waals surface area contributed by atoms with Crippen molar-refractivity contribution in [3.63, 3.8) is 0 Å². The van der Waals surface area contributed by atoms with Gasteiger partial charge in [0.15, 0.2) is 0 Å². The first-order valence-corrected chi connectivity index (χ1v) is 7.92. The molecule has 1 N–H and O–H groups in total. The Morgan fingerprint density at radius 3 is 1.95 bits per heavy atom. The van der Waals surface area contributed by atoms with Crippen LogP contribution in [0.1, 0.15) is 64.2 Å². The fourth-order valence-corrected chi connectivity index (χ4v) is 3.58. The van der Waals surface area contributed by atoms with Gasteiger partial charge in [-0.05, 0) is 25.7 Å². The molecule has 0 spiro atoms. The van der Waals surface area contributed by atoms with E-state index < -0.39 is 0 Å². The summed E-state index contributed by atoms with van der Waals surface area (Å²) in [5.41, 5.74) is 0. The van der Waals surface area contributed by atoms with Crippen LogP contribution in [0.2, 0.25) is 0 Å². The Kier molecular flexibility index (Phi) is 6.06. The fraction of sp³-hybridized carbons (Fsp3) is 0.867. The number of hydrogen-bond acceptors (Lipinski definition) is 3. The summed E-state index contributed by atoms with van der Waals surface area (Å²) in [7, 11) is 0. The quantitative estimate of drug-likeness (QED) is 0.635. The molecule has 0 radical (unpaired) electrons. The average molecular weight is 279 g/mol. The first-order chi connectivity index (χ1) is 9.83. The van der Waals surface area contributed by atoms with Gasteiger partial charge in [-0.15, -0.1) is 0 Å². The van der Waals surface area contributed by atoms with Crippen molar-refractivity contribution in [1.29, 1.82) is 0 Å². The lowest BCUT2D eigenvalue weighted by molar-refractivity contribution is 0.105. The van der Waals surface area contributed by atoms with Crippen molar-refractivity contribution >= 4 is 12.1 Å². The highest BCUT2D eigenvalue weighted by molar-refractivity contribution is 5.75. The Labute approximate surface area is 120 Å². The second-order valence-corrected chi connectivity index (χ2v) is 5.88. The molecular formula is C15H25N3O2. The lowest BCUT2D eigenvalue weighted by Crippen LogP contribution is -2.52. The van der Waals surface area contributed by atoms with Crippen molar-refractivity contribution in [3.8, 4) is 0 Å². The van der Waals surface area contributed by atoms with E-state index in [0.29, 0.717) is 12.1 Å². The molecule has 112 valence electrons. The normalized spacial score (nSPS) is 21.0. The molecule has 20 heavy (non-hydrogen) atoms. The SMILES string of the molecule is O=C=NCNC(=O)N(C1CCCCC1)C1CCCCC1. The number of aliphatic imine (C=N–C) groups is 1. The van der Waals surface area contributed by atoms with Crippen LogP contribution in [-0.4, -0.2) is 35.8 Å². The Hall–Kier alpha value is -1.35. The summed E-state index contributed by atoms with van der Waals surface area (Å²) in [4.78, 5) is 28.0. The molecule has 2 saturated carbocycles. The number of amides is 2. The third-order valence-electron chi connectivity index (χ3n) is 4.54. The third kappa shape index (κ3) is 4.07. The topological polar surface area (TPSA) is 61.8 Å². The molecule has 0 saturated heterocycles. The molecule has 5 heteroatoms. The van der Waals surface area contributed by atoms with Crippen molar-refractivity contribution in [3.05, 3.63) is 0 Å². The molecule has 2 rings (SSSR count). The van der Waals surface area contributed by atoms with Crippen LogP contribution in [0, 0.1) is 0 Å². The lowest BCUT2D eigenvalue weighted by Gasteiger charge is -2.41. The van der Waals surface area contributed by atoms with Crippen LogP contribution >= 0.6 is 0 Å². The zero-order valence-electron chi connectivity index (χ0n) is 12.1. The highest BCUT2D eigenvalue weighted by Crippen LogP contribution is 2.30. The van der Waals surface area contributed by atoms with Gasteiger partial charge in [-0.3, -0.25) is 0 Å². The van der Waals surface area contributed by atoms with Crippen LogP contribution in [0.25, 0.3) is 0 Å². The van der Waals surface area contributed by atoms with Crippen molar-refractivity contribution < 1.29 is 9.59 Å². The molecule has 2 aliphatic rings. The van der Waals surface area contributed by atoms with Gasteiger partial charge in [0.2, 0.25) is 6.08 Å². The highest BCUT2D eigenvalue weighted by Gasteiger charge is 2.32. The van der Waals surface area contributed by atoms with E-state index in [2.05, 4.69) is 15.2 Å². The average Bonchev–Trinajstić information content (AvgIpc) is 2.50. The van der Waals surface area contributed by atoms with Gasteiger partial charge in [0.05, 0.1) is 0 Å².